The molecular weight excluding hydrogens is 226 g/mol. The van der Waals surface area contributed by atoms with E-state index in [1.54, 1.807) is 7.11 Å². The van der Waals surface area contributed by atoms with Crippen molar-refractivity contribution < 1.29 is 9.47 Å². The van der Waals surface area contributed by atoms with Gasteiger partial charge in [0.2, 0.25) is 0 Å². The van der Waals surface area contributed by atoms with Crippen LogP contribution in [0.15, 0.2) is 18.2 Å². The minimum atomic E-state index is 0.323. The van der Waals surface area contributed by atoms with Crippen molar-refractivity contribution in [1.82, 2.24) is 0 Å². The van der Waals surface area contributed by atoms with E-state index in [4.69, 9.17) is 15.2 Å². The van der Waals surface area contributed by atoms with Crippen LogP contribution >= 0.6 is 0 Å². The number of ether oxygens (including phenoxy) is 2. The highest BCUT2D eigenvalue weighted by Gasteiger charge is 2.21. The molecule has 1 saturated carbocycles. The van der Waals surface area contributed by atoms with Crippen LogP contribution in [0.25, 0.3) is 0 Å². The predicted molar refractivity (Wildman–Crippen MR) is 74.1 cm³/mol. The van der Waals surface area contributed by atoms with E-state index in [9.17, 15) is 0 Å². The number of nitrogen functional groups attached to an aromatic ring is 1. The Morgan fingerprint density at radius 3 is 2.50 bits per heavy atom. The fourth-order valence-corrected chi connectivity index (χ4v) is 2.60. The van der Waals surface area contributed by atoms with Gasteiger partial charge in [-0.05, 0) is 43.7 Å². The number of hydrogen-bond acceptors (Lipinski definition) is 3. The third-order valence-electron chi connectivity index (χ3n) is 3.88. The molecule has 0 amide bonds. The summed E-state index contributed by atoms with van der Waals surface area (Å²) in [5, 5.41) is 0. The molecular formula is C15H23NO2. The molecule has 0 aromatic heterocycles. The minimum absolute atomic E-state index is 0.323. The lowest BCUT2D eigenvalue weighted by Gasteiger charge is -2.28. The van der Waals surface area contributed by atoms with Gasteiger partial charge in [-0.15, -0.1) is 0 Å². The van der Waals surface area contributed by atoms with E-state index in [-0.39, 0.29) is 0 Å². The quantitative estimate of drug-likeness (QED) is 0.829. The zero-order chi connectivity index (χ0) is 13.0. The summed E-state index contributed by atoms with van der Waals surface area (Å²) in [4.78, 5) is 0. The lowest BCUT2D eigenvalue weighted by molar-refractivity contribution is 0.130. The second-order valence-corrected chi connectivity index (χ2v) is 5.07. The van der Waals surface area contributed by atoms with Gasteiger partial charge in [0.05, 0.1) is 18.9 Å². The molecule has 1 aliphatic carbocycles. The molecule has 0 bridgehead atoms. The van der Waals surface area contributed by atoms with Crippen molar-refractivity contribution in [2.75, 3.05) is 12.8 Å². The fourth-order valence-electron chi connectivity index (χ4n) is 2.60. The van der Waals surface area contributed by atoms with Gasteiger partial charge in [-0.2, -0.15) is 0 Å². The molecule has 1 aliphatic rings. The summed E-state index contributed by atoms with van der Waals surface area (Å²) in [5.41, 5.74) is 6.62. The summed E-state index contributed by atoms with van der Waals surface area (Å²) in [6.45, 7) is 2.27. The predicted octanol–water partition coefficient (Wildman–Crippen LogP) is 3.63. The van der Waals surface area contributed by atoms with Gasteiger partial charge in [-0.3, -0.25) is 0 Å². The minimum Gasteiger partial charge on any atom is -0.497 e. The van der Waals surface area contributed by atoms with Gasteiger partial charge < -0.3 is 15.2 Å². The smallest absolute Gasteiger partial charge is 0.142 e. The van der Waals surface area contributed by atoms with Crippen LogP contribution in [-0.2, 0) is 0 Å². The Hall–Kier alpha value is -1.38. The molecule has 3 heteroatoms. The number of anilines is 1. The number of nitrogens with two attached hydrogens (primary N) is 1. The average molecular weight is 249 g/mol. The lowest BCUT2D eigenvalue weighted by Crippen LogP contribution is -2.24. The molecule has 2 N–H and O–H groups in total. The van der Waals surface area contributed by atoms with Crippen LogP contribution in [0.3, 0.4) is 0 Å². The molecule has 0 radical (unpaired) electrons. The third-order valence-corrected chi connectivity index (χ3v) is 3.88. The number of benzene rings is 1. The number of hydrogen-bond donors (Lipinski definition) is 1. The molecule has 1 aromatic rings. The van der Waals surface area contributed by atoms with Crippen LogP contribution < -0.4 is 15.2 Å². The molecule has 0 unspecified atom stereocenters. The number of methoxy groups -OCH3 is 1. The maximum absolute atomic E-state index is 6.00. The summed E-state index contributed by atoms with van der Waals surface area (Å²) in [6, 6.07) is 5.61. The van der Waals surface area contributed by atoms with E-state index >= 15 is 0 Å². The van der Waals surface area contributed by atoms with Crippen LogP contribution in [0.1, 0.15) is 39.0 Å². The summed E-state index contributed by atoms with van der Waals surface area (Å²) < 4.78 is 11.1. The maximum Gasteiger partial charge on any atom is 0.142 e. The summed E-state index contributed by atoms with van der Waals surface area (Å²) in [7, 11) is 1.64. The van der Waals surface area contributed by atoms with Gasteiger partial charge >= 0.3 is 0 Å². The molecule has 0 aliphatic heterocycles. The largest absolute Gasteiger partial charge is 0.497 e. The van der Waals surface area contributed by atoms with Crippen molar-refractivity contribution in [2.45, 2.75) is 45.1 Å². The van der Waals surface area contributed by atoms with E-state index in [1.807, 2.05) is 18.2 Å². The Labute approximate surface area is 109 Å². The summed E-state index contributed by atoms with van der Waals surface area (Å²) in [5.74, 6) is 2.45. The van der Waals surface area contributed by atoms with Crippen molar-refractivity contribution in [2.24, 2.45) is 5.92 Å². The molecule has 0 atom stereocenters. The first kappa shape index (κ1) is 13.1. The average Bonchev–Trinajstić information content (AvgIpc) is 2.42. The van der Waals surface area contributed by atoms with Gasteiger partial charge in [0, 0.05) is 6.07 Å². The molecule has 3 nitrogen and oxygen atoms in total. The van der Waals surface area contributed by atoms with Crippen LogP contribution in [0, 0.1) is 5.92 Å². The summed E-state index contributed by atoms with van der Waals surface area (Å²) >= 11 is 0. The van der Waals surface area contributed by atoms with E-state index in [0.29, 0.717) is 11.8 Å². The Morgan fingerprint density at radius 1 is 1.22 bits per heavy atom. The Kier molecular flexibility index (Phi) is 4.34. The van der Waals surface area contributed by atoms with Gasteiger partial charge in [0.15, 0.2) is 0 Å². The first-order chi connectivity index (χ1) is 8.72. The zero-order valence-corrected chi connectivity index (χ0v) is 11.3. The topological polar surface area (TPSA) is 44.5 Å². The zero-order valence-electron chi connectivity index (χ0n) is 11.3. The fraction of sp³-hybridized carbons (Fsp3) is 0.600. The molecule has 100 valence electrons. The van der Waals surface area contributed by atoms with Crippen LogP contribution in [0.5, 0.6) is 11.5 Å². The maximum atomic E-state index is 6.00. The molecule has 1 aromatic carbocycles. The van der Waals surface area contributed by atoms with E-state index in [2.05, 4.69) is 6.92 Å². The molecule has 2 rings (SSSR count). The van der Waals surface area contributed by atoms with Crippen molar-refractivity contribution in [3.63, 3.8) is 0 Å². The van der Waals surface area contributed by atoms with Gasteiger partial charge in [0.25, 0.3) is 0 Å². The van der Waals surface area contributed by atoms with Crippen molar-refractivity contribution in [3.8, 4) is 11.5 Å². The Balaban J connectivity index is 1.94. The van der Waals surface area contributed by atoms with E-state index in [1.165, 1.54) is 19.3 Å². The highest BCUT2D eigenvalue weighted by molar-refractivity contribution is 5.56. The monoisotopic (exact) mass is 249 g/mol. The normalized spacial score (nSPS) is 23.7. The van der Waals surface area contributed by atoms with Gasteiger partial charge in [-0.25, -0.2) is 0 Å². The molecule has 0 heterocycles. The lowest BCUT2D eigenvalue weighted by atomic mass is 9.86. The second-order valence-electron chi connectivity index (χ2n) is 5.07. The Morgan fingerprint density at radius 2 is 1.94 bits per heavy atom. The molecule has 18 heavy (non-hydrogen) atoms. The second kappa shape index (κ2) is 5.98. The highest BCUT2D eigenvalue weighted by Crippen LogP contribution is 2.32. The van der Waals surface area contributed by atoms with Crippen molar-refractivity contribution >= 4 is 5.69 Å². The Bertz CT molecular complexity index is 384. The summed E-state index contributed by atoms with van der Waals surface area (Å²) in [6.07, 6.45) is 6.45. The first-order valence-corrected chi connectivity index (χ1v) is 6.83. The van der Waals surface area contributed by atoms with E-state index < -0.39 is 0 Å². The standard InChI is InChI=1S/C15H23NO2/c1-3-11-4-6-12(7-5-11)18-15-9-8-13(17-2)10-14(15)16/h8-12H,3-7,16H2,1-2H3. The third kappa shape index (κ3) is 3.09. The molecule has 0 spiro atoms. The van der Waals surface area contributed by atoms with Crippen LogP contribution in [0.2, 0.25) is 0 Å². The van der Waals surface area contributed by atoms with Crippen LogP contribution in [-0.4, -0.2) is 13.2 Å². The first-order valence-electron chi connectivity index (χ1n) is 6.83. The molecule has 1 fully saturated rings. The van der Waals surface area contributed by atoms with Crippen molar-refractivity contribution in [1.29, 1.82) is 0 Å². The van der Waals surface area contributed by atoms with Gasteiger partial charge in [-0.1, -0.05) is 13.3 Å². The SMILES string of the molecule is CCC1CCC(Oc2ccc(OC)cc2N)CC1. The number of rotatable bonds is 4. The van der Waals surface area contributed by atoms with Crippen molar-refractivity contribution in [3.05, 3.63) is 18.2 Å². The van der Waals surface area contributed by atoms with E-state index in [0.717, 1.165) is 30.3 Å². The molecule has 0 saturated heterocycles. The van der Waals surface area contributed by atoms with Crippen LogP contribution in [0.4, 0.5) is 5.69 Å². The van der Waals surface area contributed by atoms with Gasteiger partial charge in [0.1, 0.15) is 11.5 Å². The highest BCUT2D eigenvalue weighted by atomic mass is 16.5.